The number of carbonyl (C=O) groups excluding carboxylic acids is 2. The van der Waals surface area contributed by atoms with Gasteiger partial charge in [0.1, 0.15) is 16.9 Å². The molecule has 2 amide bonds. The van der Waals surface area contributed by atoms with Crippen LogP contribution in [-0.2, 0) is 6.54 Å². The number of amides is 2. The van der Waals surface area contributed by atoms with Gasteiger partial charge in [-0.1, -0.05) is 49.6 Å². The van der Waals surface area contributed by atoms with E-state index >= 15 is 0 Å². The van der Waals surface area contributed by atoms with Crippen LogP contribution in [0.5, 0.6) is 5.75 Å². The highest BCUT2D eigenvalue weighted by molar-refractivity contribution is 5.99. The third-order valence-corrected chi connectivity index (χ3v) is 6.40. The summed E-state index contributed by atoms with van der Waals surface area (Å²) in [6, 6.07) is 11.9. The monoisotopic (exact) mass is 447 g/mol. The molecule has 0 saturated heterocycles. The van der Waals surface area contributed by atoms with Gasteiger partial charge in [-0.3, -0.25) is 14.4 Å². The molecule has 3 aromatic rings. The van der Waals surface area contributed by atoms with Crippen LogP contribution < -0.4 is 20.8 Å². The standard InChI is InChI=1S/C26H29N3O4/c1-27-25(31)21-15-29(18-9-4-3-5-10-18)16-22(24(21)30)26(32)28-14-20-19-11-7-6-8-17(19)12-13-23(20)33-2/h6-8,11-13,15-16,18H,3-5,9-10,14H2,1-2H3,(H,27,31)(H,28,32). The Hall–Kier alpha value is -3.61. The van der Waals surface area contributed by atoms with Crippen LogP contribution >= 0.6 is 0 Å². The summed E-state index contributed by atoms with van der Waals surface area (Å²) in [5.41, 5.74) is 0.224. The summed E-state index contributed by atoms with van der Waals surface area (Å²) in [6.07, 6.45) is 8.47. The van der Waals surface area contributed by atoms with Crippen LogP contribution in [0.25, 0.3) is 10.8 Å². The Morgan fingerprint density at radius 2 is 1.70 bits per heavy atom. The molecule has 33 heavy (non-hydrogen) atoms. The van der Waals surface area contributed by atoms with Crippen molar-refractivity contribution in [2.24, 2.45) is 0 Å². The molecule has 1 aliphatic rings. The molecule has 1 saturated carbocycles. The van der Waals surface area contributed by atoms with Gasteiger partial charge in [0.25, 0.3) is 11.8 Å². The molecule has 172 valence electrons. The van der Waals surface area contributed by atoms with Crippen LogP contribution in [0.4, 0.5) is 0 Å². The molecule has 1 aromatic heterocycles. The van der Waals surface area contributed by atoms with Crippen LogP contribution in [0, 0.1) is 0 Å². The summed E-state index contributed by atoms with van der Waals surface area (Å²) in [6.45, 7) is 0.191. The fourth-order valence-electron chi connectivity index (χ4n) is 4.60. The summed E-state index contributed by atoms with van der Waals surface area (Å²) < 4.78 is 7.38. The zero-order chi connectivity index (χ0) is 23.4. The predicted molar refractivity (Wildman–Crippen MR) is 128 cm³/mol. The molecular weight excluding hydrogens is 418 g/mol. The second kappa shape index (κ2) is 9.90. The minimum atomic E-state index is -0.566. The number of pyridine rings is 1. The molecule has 0 atom stereocenters. The average Bonchev–Trinajstić information content (AvgIpc) is 2.87. The summed E-state index contributed by atoms with van der Waals surface area (Å²) in [4.78, 5) is 38.6. The van der Waals surface area contributed by atoms with E-state index in [0.717, 1.165) is 42.0 Å². The van der Waals surface area contributed by atoms with Gasteiger partial charge in [-0.15, -0.1) is 0 Å². The zero-order valence-corrected chi connectivity index (χ0v) is 19.0. The number of aromatic nitrogens is 1. The number of methoxy groups -OCH3 is 1. The number of benzene rings is 2. The van der Waals surface area contributed by atoms with E-state index in [1.165, 1.54) is 13.5 Å². The van der Waals surface area contributed by atoms with Gasteiger partial charge < -0.3 is 19.9 Å². The van der Waals surface area contributed by atoms with E-state index in [-0.39, 0.29) is 23.7 Å². The van der Waals surface area contributed by atoms with Crippen molar-refractivity contribution in [3.63, 3.8) is 0 Å². The summed E-state index contributed by atoms with van der Waals surface area (Å²) >= 11 is 0. The molecule has 0 aliphatic heterocycles. The van der Waals surface area contributed by atoms with Crippen molar-refractivity contribution in [3.05, 3.63) is 75.7 Å². The molecule has 7 heteroatoms. The Bertz CT molecular complexity index is 1240. The number of carbonyl (C=O) groups is 2. The number of nitrogens with one attached hydrogen (secondary N) is 2. The van der Waals surface area contributed by atoms with Crippen LogP contribution in [0.3, 0.4) is 0 Å². The Morgan fingerprint density at radius 3 is 2.39 bits per heavy atom. The third-order valence-electron chi connectivity index (χ3n) is 6.40. The largest absolute Gasteiger partial charge is 0.496 e. The van der Waals surface area contributed by atoms with E-state index in [0.29, 0.717) is 5.75 Å². The number of ether oxygens (including phenoxy) is 1. The van der Waals surface area contributed by atoms with Crippen molar-refractivity contribution in [2.75, 3.05) is 14.2 Å². The van der Waals surface area contributed by atoms with Gasteiger partial charge in [-0.25, -0.2) is 0 Å². The van der Waals surface area contributed by atoms with Crippen molar-refractivity contribution in [2.45, 2.75) is 44.7 Å². The summed E-state index contributed by atoms with van der Waals surface area (Å²) in [5, 5.41) is 7.38. The topological polar surface area (TPSA) is 89.4 Å². The van der Waals surface area contributed by atoms with Gasteiger partial charge in [0.05, 0.1) is 7.11 Å². The summed E-state index contributed by atoms with van der Waals surface area (Å²) in [7, 11) is 3.07. The number of fused-ring (bicyclic) bond motifs is 1. The Balaban J connectivity index is 1.68. The quantitative estimate of drug-likeness (QED) is 0.601. The fourth-order valence-corrected chi connectivity index (χ4v) is 4.60. The van der Waals surface area contributed by atoms with E-state index < -0.39 is 17.2 Å². The Labute approximate surface area is 192 Å². The smallest absolute Gasteiger partial charge is 0.257 e. The third kappa shape index (κ3) is 4.62. The maximum Gasteiger partial charge on any atom is 0.257 e. The molecular formula is C26H29N3O4. The normalized spacial score (nSPS) is 14.1. The maximum absolute atomic E-state index is 13.2. The lowest BCUT2D eigenvalue weighted by atomic mass is 9.95. The number of rotatable bonds is 6. The molecule has 1 heterocycles. The van der Waals surface area contributed by atoms with Gasteiger partial charge in [0.2, 0.25) is 5.43 Å². The fraction of sp³-hybridized carbons (Fsp3) is 0.346. The highest BCUT2D eigenvalue weighted by Gasteiger charge is 2.23. The lowest BCUT2D eigenvalue weighted by molar-refractivity contribution is 0.0948. The van der Waals surface area contributed by atoms with Gasteiger partial charge in [-0.2, -0.15) is 0 Å². The molecule has 0 unspecified atom stereocenters. The zero-order valence-electron chi connectivity index (χ0n) is 19.0. The second-order valence-electron chi connectivity index (χ2n) is 8.38. The van der Waals surface area contributed by atoms with E-state index in [1.54, 1.807) is 19.5 Å². The van der Waals surface area contributed by atoms with Crippen molar-refractivity contribution in [1.29, 1.82) is 0 Å². The van der Waals surface area contributed by atoms with Gasteiger partial charge >= 0.3 is 0 Å². The first-order valence-corrected chi connectivity index (χ1v) is 11.3. The molecule has 0 radical (unpaired) electrons. The Morgan fingerprint density at radius 1 is 1.00 bits per heavy atom. The van der Waals surface area contributed by atoms with E-state index in [4.69, 9.17) is 4.74 Å². The Kier molecular flexibility index (Phi) is 6.77. The lowest BCUT2D eigenvalue weighted by Gasteiger charge is -2.25. The van der Waals surface area contributed by atoms with E-state index in [9.17, 15) is 14.4 Å². The summed E-state index contributed by atoms with van der Waals surface area (Å²) in [5.74, 6) is -0.340. The van der Waals surface area contributed by atoms with Crippen molar-refractivity contribution < 1.29 is 14.3 Å². The first-order valence-electron chi connectivity index (χ1n) is 11.3. The minimum Gasteiger partial charge on any atom is -0.496 e. The van der Waals surface area contributed by atoms with Crippen LogP contribution in [0.1, 0.15) is 64.4 Å². The molecule has 7 nitrogen and oxygen atoms in total. The molecule has 4 rings (SSSR count). The number of nitrogens with zero attached hydrogens (tertiary/aromatic N) is 1. The maximum atomic E-state index is 13.2. The molecule has 0 spiro atoms. The highest BCUT2D eigenvalue weighted by Crippen LogP contribution is 2.29. The first kappa shape index (κ1) is 22.6. The molecule has 0 bridgehead atoms. The van der Waals surface area contributed by atoms with Crippen molar-refractivity contribution >= 4 is 22.6 Å². The predicted octanol–water partition coefficient (Wildman–Crippen LogP) is 3.80. The van der Waals surface area contributed by atoms with E-state index in [1.807, 2.05) is 41.0 Å². The van der Waals surface area contributed by atoms with Gasteiger partial charge in [-0.05, 0) is 29.7 Å². The van der Waals surface area contributed by atoms with Crippen LogP contribution in [-0.4, -0.2) is 30.5 Å². The van der Waals surface area contributed by atoms with Crippen molar-refractivity contribution in [3.8, 4) is 5.75 Å². The SMILES string of the molecule is CNC(=O)c1cn(C2CCCCC2)cc(C(=O)NCc2c(OC)ccc3ccccc23)c1=O. The molecule has 1 aliphatic carbocycles. The average molecular weight is 448 g/mol. The van der Waals surface area contributed by atoms with Gasteiger partial charge in [0, 0.05) is 37.6 Å². The van der Waals surface area contributed by atoms with E-state index in [2.05, 4.69) is 10.6 Å². The van der Waals surface area contributed by atoms with Crippen LogP contribution in [0.15, 0.2) is 53.6 Å². The molecule has 2 aromatic carbocycles. The van der Waals surface area contributed by atoms with Gasteiger partial charge in [0.15, 0.2) is 0 Å². The number of hydrogen-bond acceptors (Lipinski definition) is 4. The molecule has 1 fully saturated rings. The second-order valence-corrected chi connectivity index (χ2v) is 8.38. The molecule has 2 N–H and O–H groups in total. The van der Waals surface area contributed by atoms with Crippen LogP contribution in [0.2, 0.25) is 0 Å². The number of hydrogen-bond donors (Lipinski definition) is 2. The van der Waals surface area contributed by atoms with Crippen molar-refractivity contribution in [1.82, 2.24) is 15.2 Å². The lowest BCUT2D eigenvalue weighted by Crippen LogP contribution is -2.35. The highest BCUT2D eigenvalue weighted by atomic mass is 16.5. The minimum absolute atomic E-state index is 0.0153. The first-order chi connectivity index (χ1) is 16.0.